The van der Waals surface area contributed by atoms with Crippen molar-refractivity contribution in [2.45, 2.75) is 20.5 Å². The lowest BCUT2D eigenvalue weighted by molar-refractivity contribution is 0.0471. The van der Waals surface area contributed by atoms with Crippen LogP contribution >= 0.6 is 0 Å². The molecular formula is C16H16FNO2. The van der Waals surface area contributed by atoms with Crippen molar-refractivity contribution in [2.24, 2.45) is 0 Å². The van der Waals surface area contributed by atoms with Crippen LogP contribution in [0.1, 0.15) is 27.0 Å². The van der Waals surface area contributed by atoms with Crippen molar-refractivity contribution in [3.05, 3.63) is 64.5 Å². The zero-order valence-corrected chi connectivity index (χ0v) is 11.4. The number of nitrogen functional groups attached to an aromatic ring is 1. The molecule has 104 valence electrons. The predicted octanol–water partition coefficient (Wildman–Crippen LogP) is 3.38. The summed E-state index contributed by atoms with van der Waals surface area (Å²) in [4.78, 5) is 11.9. The van der Waals surface area contributed by atoms with Crippen LogP contribution < -0.4 is 5.73 Å². The van der Waals surface area contributed by atoms with Gasteiger partial charge in [-0.25, -0.2) is 9.18 Å². The molecular weight excluding hydrogens is 257 g/mol. The number of anilines is 1. The minimum atomic E-state index is -0.584. The van der Waals surface area contributed by atoms with Crippen molar-refractivity contribution in [3.8, 4) is 0 Å². The fourth-order valence-corrected chi connectivity index (χ4v) is 1.82. The monoisotopic (exact) mass is 273 g/mol. The van der Waals surface area contributed by atoms with Gasteiger partial charge in [0.15, 0.2) is 0 Å². The number of esters is 1. The predicted molar refractivity (Wildman–Crippen MR) is 75.8 cm³/mol. The molecule has 20 heavy (non-hydrogen) atoms. The number of nitrogens with two attached hydrogens (primary N) is 1. The van der Waals surface area contributed by atoms with Crippen molar-refractivity contribution >= 4 is 11.7 Å². The van der Waals surface area contributed by atoms with Gasteiger partial charge >= 0.3 is 5.97 Å². The highest BCUT2D eigenvalue weighted by Gasteiger charge is 2.12. The number of hydrogen-bond acceptors (Lipinski definition) is 3. The molecule has 2 aromatic carbocycles. The van der Waals surface area contributed by atoms with Gasteiger partial charge < -0.3 is 10.5 Å². The van der Waals surface area contributed by atoms with Crippen molar-refractivity contribution in [3.63, 3.8) is 0 Å². The Bertz CT molecular complexity index is 630. The Hall–Kier alpha value is -2.36. The Morgan fingerprint density at radius 2 is 1.95 bits per heavy atom. The molecule has 0 aliphatic rings. The second-order valence-corrected chi connectivity index (χ2v) is 4.67. The molecule has 0 bridgehead atoms. The Morgan fingerprint density at radius 3 is 2.60 bits per heavy atom. The van der Waals surface area contributed by atoms with Gasteiger partial charge in [0.25, 0.3) is 0 Å². The van der Waals surface area contributed by atoms with Crippen LogP contribution in [0.2, 0.25) is 0 Å². The number of benzene rings is 2. The normalized spacial score (nSPS) is 10.3. The van der Waals surface area contributed by atoms with Crippen LogP contribution in [0, 0.1) is 19.7 Å². The van der Waals surface area contributed by atoms with E-state index < -0.39 is 11.8 Å². The Morgan fingerprint density at radius 1 is 1.25 bits per heavy atom. The van der Waals surface area contributed by atoms with Gasteiger partial charge in [-0.2, -0.15) is 0 Å². The van der Waals surface area contributed by atoms with E-state index in [0.717, 1.165) is 17.2 Å². The Kier molecular flexibility index (Phi) is 4.03. The number of hydrogen-bond donors (Lipinski definition) is 1. The summed E-state index contributed by atoms with van der Waals surface area (Å²) in [5.74, 6) is -1.09. The average molecular weight is 273 g/mol. The molecule has 0 radical (unpaired) electrons. The van der Waals surface area contributed by atoms with E-state index in [4.69, 9.17) is 10.5 Å². The minimum Gasteiger partial charge on any atom is -0.457 e. The van der Waals surface area contributed by atoms with Crippen molar-refractivity contribution in [1.29, 1.82) is 0 Å². The fraction of sp³-hybridized carbons (Fsp3) is 0.188. The van der Waals surface area contributed by atoms with E-state index in [2.05, 4.69) is 0 Å². The lowest BCUT2D eigenvalue weighted by atomic mass is 10.1. The van der Waals surface area contributed by atoms with Crippen molar-refractivity contribution in [1.82, 2.24) is 0 Å². The maximum Gasteiger partial charge on any atom is 0.338 e. The van der Waals surface area contributed by atoms with Crippen LogP contribution in [-0.2, 0) is 11.3 Å². The molecule has 0 aliphatic carbocycles. The molecule has 4 heteroatoms. The smallest absolute Gasteiger partial charge is 0.338 e. The fourth-order valence-electron chi connectivity index (χ4n) is 1.82. The summed E-state index contributed by atoms with van der Waals surface area (Å²) < 4.78 is 18.7. The van der Waals surface area contributed by atoms with Gasteiger partial charge in [0.2, 0.25) is 0 Å². The molecule has 0 fully saturated rings. The molecule has 2 aromatic rings. The van der Waals surface area contributed by atoms with Gasteiger partial charge in [0, 0.05) is 11.3 Å². The highest BCUT2D eigenvalue weighted by atomic mass is 19.1. The second kappa shape index (κ2) is 5.74. The lowest BCUT2D eigenvalue weighted by Gasteiger charge is -2.09. The van der Waals surface area contributed by atoms with E-state index in [0.29, 0.717) is 5.56 Å². The highest BCUT2D eigenvalue weighted by molar-refractivity contribution is 5.90. The maximum atomic E-state index is 13.5. The first-order chi connectivity index (χ1) is 9.49. The van der Waals surface area contributed by atoms with Crippen LogP contribution in [0.5, 0.6) is 0 Å². The molecule has 0 aromatic heterocycles. The van der Waals surface area contributed by atoms with E-state index in [-0.39, 0.29) is 17.9 Å². The zero-order chi connectivity index (χ0) is 14.7. The molecule has 0 saturated carbocycles. The number of carbonyl (C=O) groups is 1. The van der Waals surface area contributed by atoms with Gasteiger partial charge in [-0.1, -0.05) is 24.3 Å². The van der Waals surface area contributed by atoms with Crippen LogP contribution in [-0.4, -0.2) is 5.97 Å². The third-order valence-corrected chi connectivity index (χ3v) is 3.24. The van der Waals surface area contributed by atoms with Gasteiger partial charge in [-0.05, 0) is 37.1 Å². The van der Waals surface area contributed by atoms with E-state index in [1.54, 1.807) is 6.92 Å². The minimum absolute atomic E-state index is 0.124. The van der Waals surface area contributed by atoms with Crippen molar-refractivity contribution in [2.75, 3.05) is 5.73 Å². The summed E-state index contributed by atoms with van der Waals surface area (Å²) in [6, 6.07) is 10.2. The molecule has 0 saturated heterocycles. The molecule has 0 spiro atoms. The van der Waals surface area contributed by atoms with Crippen LogP contribution in [0.3, 0.4) is 0 Å². The summed E-state index contributed by atoms with van der Waals surface area (Å²) in [7, 11) is 0. The maximum absolute atomic E-state index is 13.5. The SMILES string of the molecule is Cc1ccccc1COC(=O)c1cc(N)c(C)c(F)c1. The average Bonchev–Trinajstić information content (AvgIpc) is 2.43. The van der Waals surface area contributed by atoms with E-state index >= 15 is 0 Å². The number of halogens is 1. The quantitative estimate of drug-likeness (QED) is 0.689. The molecule has 2 rings (SSSR count). The second-order valence-electron chi connectivity index (χ2n) is 4.67. The summed E-state index contributed by atoms with van der Waals surface area (Å²) >= 11 is 0. The third-order valence-electron chi connectivity index (χ3n) is 3.24. The standard InChI is InChI=1S/C16H16FNO2/c1-10-5-3-4-6-12(10)9-20-16(19)13-7-14(17)11(2)15(18)8-13/h3-8H,9,18H2,1-2H3. The van der Waals surface area contributed by atoms with E-state index in [1.807, 2.05) is 31.2 Å². The largest absolute Gasteiger partial charge is 0.457 e. The molecule has 0 atom stereocenters. The summed E-state index contributed by atoms with van der Waals surface area (Å²) in [5, 5.41) is 0. The number of rotatable bonds is 3. The van der Waals surface area contributed by atoms with Gasteiger partial charge in [-0.15, -0.1) is 0 Å². The molecule has 0 amide bonds. The summed E-state index contributed by atoms with van der Waals surface area (Å²) in [5.41, 5.74) is 8.30. The highest BCUT2D eigenvalue weighted by Crippen LogP contribution is 2.19. The lowest BCUT2D eigenvalue weighted by Crippen LogP contribution is -2.08. The van der Waals surface area contributed by atoms with Gasteiger partial charge in [-0.3, -0.25) is 0 Å². The molecule has 0 heterocycles. The number of carbonyl (C=O) groups excluding carboxylic acids is 1. The Balaban J connectivity index is 2.11. The number of aryl methyl sites for hydroxylation is 1. The molecule has 3 nitrogen and oxygen atoms in total. The van der Waals surface area contributed by atoms with E-state index in [9.17, 15) is 9.18 Å². The summed E-state index contributed by atoms with van der Waals surface area (Å²) in [6.07, 6.45) is 0. The Labute approximate surface area is 117 Å². The molecule has 0 unspecified atom stereocenters. The van der Waals surface area contributed by atoms with Gasteiger partial charge in [0.1, 0.15) is 12.4 Å². The van der Waals surface area contributed by atoms with Gasteiger partial charge in [0.05, 0.1) is 5.56 Å². The van der Waals surface area contributed by atoms with Crippen LogP contribution in [0.15, 0.2) is 36.4 Å². The molecule has 2 N–H and O–H groups in total. The first-order valence-corrected chi connectivity index (χ1v) is 6.26. The zero-order valence-electron chi connectivity index (χ0n) is 11.4. The first kappa shape index (κ1) is 14.1. The summed E-state index contributed by atoms with van der Waals surface area (Å²) in [6.45, 7) is 3.65. The third kappa shape index (κ3) is 2.96. The topological polar surface area (TPSA) is 52.3 Å². The van der Waals surface area contributed by atoms with Crippen molar-refractivity contribution < 1.29 is 13.9 Å². The molecule has 0 aliphatic heterocycles. The first-order valence-electron chi connectivity index (χ1n) is 6.26. The number of ether oxygens (including phenoxy) is 1. The van der Waals surface area contributed by atoms with Crippen LogP contribution in [0.4, 0.5) is 10.1 Å². The van der Waals surface area contributed by atoms with E-state index in [1.165, 1.54) is 6.07 Å². The van der Waals surface area contributed by atoms with Crippen LogP contribution in [0.25, 0.3) is 0 Å².